The molecule has 0 aromatic rings. The van der Waals surface area contributed by atoms with Crippen molar-refractivity contribution in [2.75, 3.05) is 0 Å². The lowest BCUT2D eigenvalue weighted by Gasteiger charge is -2.24. The van der Waals surface area contributed by atoms with E-state index >= 15 is 0 Å². The molecule has 2 bridgehead atoms. The van der Waals surface area contributed by atoms with Gasteiger partial charge < -0.3 is 0 Å². The Morgan fingerprint density at radius 2 is 2.10 bits per heavy atom. The second kappa shape index (κ2) is 2.11. The Kier molecular flexibility index (Phi) is 1.36. The van der Waals surface area contributed by atoms with Crippen LogP contribution in [0.25, 0.3) is 0 Å². The van der Waals surface area contributed by atoms with Crippen LogP contribution in [0.1, 0.15) is 38.5 Å². The maximum Gasteiger partial charge on any atom is -0.0260 e. The van der Waals surface area contributed by atoms with Crippen LogP contribution in [0.2, 0.25) is 0 Å². The molecule has 2 saturated carbocycles. The fraction of sp³-hybridized carbons (Fsp3) is 0.800. The minimum atomic E-state index is 0.742. The van der Waals surface area contributed by atoms with Gasteiger partial charge in [0.2, 0.25) is 0 Å². The largest absolute Gasteiger partial charge is 0.103 e. The number of allylic oxidation sites excluding steroid dienone is 1. The van der Waals surface area contributed by atoms with Gasteiger partial charge in [0, 0.05) is 0 Å². The molecule has 2 fully saturated rings. The highest BCUT2D eigenvalue weighted by atomic mass is 14.5. The van der Waals surface area contributed by atoms with Crippen molar-refractivity contribution in [2.45, 2.75) is 38.5 Å². The van der Waals surface area contributed by atoms with E-state index < -0.39 is 0 Å². The lowest BCUT2D eigenvalue weighted by molar-refractivity contribution is 0.299. The summed E-state index contributed by atoms with van der Waals surface area (Å²) in [6.45, 7) is 3.84. The molecule has 0 spiro atoms. The predicted molar refractivity (Wildman–Crippen MR) is 43.8 cm³/mol. The summed E-state index contributed by atoms with van der Waals surface area (Å²) in [5, 5.41) is 0. The van der Waals surface area contributed by atoms with Crippen LogP contribution in [-0.4, -0.2) is 0 Å². The average molecular weight is 136 g/mol. The zero-order chi connectivity index (χ0) is 7.03. The third kappa shape index (κ3) is 0.817. The summed E-state index contributed by atoms with van der Waals surface area (Å²) in [6.07, 6.45) is 10.9. The minimum Gasteiger partial charge on any atom is -0.103 e. The standard InChI is InChI=1S/C10H16/c1-2-5-10-6-3-9(8-10)4-7-10/h2,9H,1,3-8H2. The Bertz CT molecular complexity index is 138. The van der Waals surface area contributed by atoms with E-state index in [1.165, 1.54) is 38.5 Å². The van der Waals surface area contributed by atoms with Crippen molar-refractivity contribution in [3.05, 3.63) is 12.7 Å². The highest BCUT2D eigenvalue weighted by Crippen LogP contribution is 2.55. The maximum atomic E-state index is 3.84. The highest BCUT2D eigenvalue weighted by molar-refractivity contribution is 4.98. The Balaban J connectivity index is 2.07. The summed E-state index contributed by atoms with van der Waals surface area (Å²) in [6, 6.07) is 0. The first-order valence-corrected chi connectivity index (χ1v) is 4.46. The molecule has 10 heavy (non-hydrogen) atoms. The van der Waals surface area contributed by atoms with Gasteiger partial charge in [0.25, 0.3) is 0 Å². The van der Waals surface area contributed by atoms with Gasteiger partial charge in [-0.25, -0.2) is 0 Å². The highest BCUT2D eigenvalue weighted by Gasteiger charge is 2.43. The van der Waals surface area contributed by atoms with E-state index in [0.29, 0.717) is 0 Å². The molecule has 56 valence electrons. The fourth-order valence-electron chi connectivity index (χ4n) is 2.90. The van der Waals surface area contributed by atoms with Gasteiger partial charge in [0.1, 0.15) is 0 Å². The van der Waals surface area contributed by atoms with Crippen molar-refractivity contribution < 1.29 is 0 Å². The molecule has 0 aromatic heterocycles. The molecule has 0 nitrogen and oxygen atoms in total. The third-order valence-corrected chi connectivity index (χ3v) is 3.46. The first-order chi connectivity index (χ1) is 4.85. The lowest BCUT2D eigenvalue weighted by Crippen LogP contribution is -2.11. The topological polar surface area (TPSA) is 0 Å². The molecular weight excluding hydrogens is 120 g/mol. The van der Waals surface area contributed by atoms with Crippen molar-refractivity contribution in [1.82, 2.24) is 0 Å². The summed E-state index contributed by atoms with van der Waals surface area (Å²) in [5.74, 6) is 1.10. The molecule has 2 aliphatic carbocycles. The maximum absolute atomic E-state index is 3.84. The van der Waals surface area contributed by atoms with Crippen LogP contribution in [-0.2, 0) is 0 Å². The zero-order valence-electron chi connectivity index (χ0n) is 6.60. The van der Waals surface area contributed by atoms with Gasteiger partial charge in [-0.05, 0) is 49.9 Å². The second-order valence-corrected chi connectivity index (χ2v) is 4.14. The van der Waals surface area contributed by atoms with Crippen molar-refractivity contribution in [3.8, 4) is 0 Å². The second-order valence-electron chi connectivity index (χ2n) is 4.14. The zero-order valence-corrected chi connectivity index (χ0v) is 6.60. The summed E-state index contributed by atoms with van der Waals surface area (Å²) in [7, 11) is 0. The van der Waals surface area contributed by atoms with E-state index in [2.05, 4.69) is 12.7 Å². The SMILES string of the molecule is C=CCC12CCC(CC1)C2. The number of hydrogen-bond acceptors (Lipinski definition) is 0. The van der Waals surface area contributed by atoms with Crippen molar-refractivity contribution in [2.24, 2.45) is 11.3 Å². The normalized spacial score (nSPS) is 44.2. The molecule has 0 N–H and O–H groups in total. The summed E-state index contributed by atoms with van der Waals surface area (Å²) < 4.78 is 0. The summed E-state index contributed by atoms with van der Waals surface area (Å²) >= 11 is 0. The van der Waals surface area contributed by atoms with Gasteiger partial charge >= 0.3 is 0 Å². The van der Waals surface area contributed by atoms with Crippen LogP contribution in [0.5, 0.6) is 0 Å². The van der Waals surface area contributed by atoms with Crippen molar-refractivity contribution in [3.63, 3.8) is 0 Å². The Morgan fingerprint density at radius 1 is 1.40 bits per heavy atom. The molecule has 0 aliphatic heterocycles. The summed E-state index contributed by atoms with van der Waals surface area (Å²) in [4.78, 5) is 0. The van der Waals surface area contributed by atoms with Crippen LogP contribution >= 0.6 is 0 Å². The Labute approximate surface area is 63.3 Å². The first-order valence-electron chi connectivity index (χ1n) is 4.46. The predicted octanol–water partition coefficient (Wildman–Crippen LogP) is 3.14. The molecule has 0 heteroatoms. The number of fused-ring (bicyclic) bond motifs is 2. The molecule has 0 saturated heterocycles. The van der Waals surface area contributed by atoms with Gasteiger partial charge in [0.05, 0.1) is 0 Å². The number of hydrogen-bond donors (Lipinski definition) is 0. The summed E-state index contributed by atoms with van der Waals surface area (Å²) in [5.41, 5.74) is 0.742. The van der Waals surface area contributed by atoms with Crippen LogP contribution in [0.15, 0.2) is 12.7 Å². The minimum absolute atomic E-state index is 0.742. The molecule has 0 aromatic carbocycles. The van der Waals surface area contributed by atoms with Gasteiger partial charge in [-0.2, -0.15) is 0 Å². The third-order valence-electron chi connectivity index (χ3n) is 3.46. The van der Waals surface area contributed by atoms with E-state index in [9.17, 15) is 0 Å². The molecular formula is C10H16. The van der Waals surface area contributed by atoms with E-state index in [1.807, 2.05) is 0 Å². The molecule has 0 amide bonds. The quantitative estimate of drug-likeness (QED) is 0.511. The number of rotatable bonds is 2. The van der Waals surface area contributed by atoms with E-state index in [-0.39, 0.29) is 0 Å². The smallest absolute Gasteiger partial charge is 0.0260 e. The molecule has 0 atom stereocenters. The first kappa shape index (κ1) is 6.45. The Hall–Kier alpha value is -0.260. The fourth-order valence-corrected chi connectivity index (χ4v) is 2.90. The Morgan fingerprint density at radius 3 is 2.50 bits per heavy atom. The molecule has 0 radical (unpaired) electrons. The van der Waals surface area contributed by atoms with Gasteiger partial charge in [-0.3, -0.25) is 0 Å². The van der Waals surface area contributed by atoms with Gasteiger partial charge in [0.15, 0.2) is 0 Å². The molecule has 2 aliphatic rings. The van der Waals surface area contributed by atoms with Gasteiger partial charge in [-0.15, -0.1) is 6.58 Å². The molecule has 0 unspecified atom stereocenters. The average Bonchev–Trinajstić information content (AvgIpc) is 2.46. The van der Waals surface area contributed by atoms with Crippen molar-refractivity contribution in [1.29, 1.82) is 0 Å². The monoisotopic (exact) mass is 136 g/mol. The lowest BCUT2D eigenvalue weighted by atomic mass is 9.81. The molecule has 0 heterocycles. The van der Waals surface area contributed by atoms with E-state index in [1.54, 1.807) is 0 Å². The van der Waals surface area contributed by atoms with Crippen LogP contribution in [0.4, 0.5) is 0 Å². The van der Waals surface area contributed by atoms with Crippen LogP contribution in [0, 0.1) is 11.3 Å². The van der Waals surface area contributed by atoms with E-state index in [0.717, 1.165) is 11.3 Å². The van der Waals surface area contributed by atoms with E-state index in [4.69, 9.17) is 0 Å². The van der Waals surface area contributed by atoms with Crippen molar-refractivity contribution >= 4 is 0 Å². The molecule has 2 rings (SSSR count). The van der Waals surface area contributed by atoms with Gasteiger partial charge in [-0.1, -0.05) is 6.08 Å². The van der Waals surface area contributed by atoms with Crippen LogP contribution < -0.4 is 0 Å². The van der Waals surface area contributed by atoms with Crippen LogP contribution in [0.3, 0.4) is 0 Å².